The standard InChI is InChI=1S/C22H20FN3O/c23-19-9-5-17(6-10-19)7-12-22(27)26-15-13-25(14-16-26)21-11-8-18-3-1-2-4-20(18)24-21/h1-12H,13-16H2/b12-7+. The number of para-hydroxylation sites is 1. The molecular weight excluding hydrogens is 341 g/mol. The van der Waals surface area contributed by atoms with Gasteiger partial charge in [-0.15, -0.1) is 0 Å². The number of carbonyl (C=O) groups excluding carboxylic acids is 1. The molecule has 0 aliphatic carbocycles. The van der Waals surface area contributed by atoms with Crippen molar-refractivity contribution in [3.63, 3.8) is 0 Å². The third-order valence-electron chi connectivity index (χ3n) is 4.79. The predicted octanol–water partition coefficient (Wildman–Crippen LogP) is 3.74. The van der Waals surface area contributed by atoms with Crippen molar-refractivity contribution in [1.82, 2.24) is 9.88 Å². The third-order valence-corrected chi connectivity index (χ3v) is 4.79. The molecule has 0 saturated carbocycles. The summed E-state index contributed by atoms with van der Waals surface area (Å²) in [7, 11) is 0. The molecule has 1 fully saturated rings. The predicted molar refractivity (Wildman–Crippen MR) is 106 cm³/mol. The van der Waals surface area contributed by atoms with Gasteiger partial charge in [-0.2, -0.15) is 0 Å². The molecule has 1 aliphatic rings. The number of halogens is 1. The van der Waals surface area contributed by atoms with Crippen LogP contribution in [-0.2, 0) is 4.79 Å². The lowest BCUT2D eigenvalue weighted by Crippen LogP contribution is -2.48. The average Bonchev–Trinajstić information content (AvgIpc) is 2.73. The number of carbonyl (C=O) groups is 1. The summed E-state index contributed by atoms with van der Waals surface area (Å²) in [6, 6.07) is 18.3. The Morgan fingerprint density at radius 3 is 2.44 bits per heavy atom. The molecule has 0 spiro atoms. The first-order valence-corrected chi connectivity index (χ1v) is 9.02. The van der Waals surface area contributed by atoms with Crippen molar-refractivity contribution in [3.8, 4) is 0 Å². The second-order valence-electron chi connectivity index (χ2n) is 6.56. The molecule has 5 heteroatoms. The Labute approximate surface area is 157 Å². The van der Waals surface area contributed by atoms with Crippen molar-refractivity contribution >= 4 is 28.7 Å². The highest BCUT2D eigenvalue weighted by molar-refractivity contribution is 5.92. The van der Waals surface area contributed by atoms with Crippen LogP contribution in [0.2, 0.25) is 0 Å². The molecule has 1 aliphatic heterocycles. The number of rotatable bonds is 3. The van der Waals surface area contributed by atoms with E-state index in [0.717, 1.165) is 35.4 Å². The number of pyridine rings is 1. The van der Waals surface area contributed by atoms with Crippen LogP contribution in [0.25, 0.3) is 17.0 Å². The molecule has 4 nitrogen and oxygen atoms in total. The summed E-state index contributed by atoms with van der Waals surface area (Å²) in [5, 5.41) is 1.13. The van der Waals surface area contributed by atoms with Gasteiger partial charge in [-0.3, -0.25) is 4.79 Å². The van der Waals surface area contributed by atoms with Gasteiger partial charge in [0.1, 0.15) is 11.6 Å². The smallest absolute Gasteiger partial charge is 0.246 e. The van der Waals surface area contributed by atoms with Gasteiger partial charge < -0.3 is 9.80 Å². The molecule has 4 rings (SSSR count). The quantitative estimate of drug-likeness (QED) is 0.667. The summed E-state index contributed by atoms with van der Waals surface area (Å²) in [6.45, 7) is 2.81. The monoisotopic (exact) mass is 361 g/mol. The number of piperazine rings is 1. The molecule has 1 saturated heterocycles. The number of fused-ring (bicyclic) bond motifs is 1. The van der Waals surface area contributed by atoms with Gasteiger partial charge in [-0.05, 0) is 42.0 Å². The van der Waals surface area contributed by atoms with Crippen molar-refractivity contribution in [2.45, 2.75) is 0 Å². The topological polar surface area (TPSA) is 36.4 Å². The lowest BCUT2D eigenvalue weighted by atomic mass is 10.2. The van der Waals surface area contributed by atoms with Gasteiger partial charge in [-0.1, -0.05) is 30.3 Å². The Bertz CT molecular complexity index is 976. The summed E-state index contributed by atoms with van der Waals surface area (Å²) in [4.78, 5) is 21.2. The van der Waals surface area contributed by atoms with E-state index < -0.39 is 0 Å². The van der Waals surface area contributed by atoms with Crippen molar-refractivity contribution in [3.05, 3.63) is 78.1 Å². The van der Waals surface area contributed by atoms with E-state index in [1.165, 1.54) is 12.1 Å². The maximum absolute atomic E-state index is 12.9. The van der Waals surface area contributed by atoms with Crippen LogP contribution in [0.1, 0.15) is 5.56 Å². The van der Waals surface area contributed by atoms with Gasteiger partial charge in [0.25, 0.3) is 0 Å². The Hall–Kier alpha value is -3.21. The van der Waals surface area contributed by atoms with Crippen molar-refractivity contribution in [2.75, 3.05) is 31.1 Å². The molecule has 0 N–H and O–H groups in total. The van der Waals surface area contributed by atoms with E-state index >= 15 is 0 Å². The molecule has 2 heterocycles. The van der Waals surface area contributed by atoms with Gasteiger partial charge in [-0.25, -0.2) is 9.37 Å². The molecule has 27 heavy (non-hydrogen) atoms. The molecule has 2 aromatic carbocycles. The van der Waals surface area contributed by atoms with Crippen LogP contribution in [0.15, 0.2) is 66.7 Å². The van der Waals surface area contributed by atoms with Crippen LogP contribution in [0.4, 0.5) is 10.2 Å². The van der Waals surface area contributed by atoms with E-state index in [1.807, 2.05) is 29.2 Å². The lowest BCUT2D eigenvalue weighted by Gasteiger charge is -2.35. The molecule has 1 aromatic heterocycles. The number of amides is 1. The summed E-state index contributed by atoms with van der Waals surface area (Å²) < 4.78 is 12.9. The normalized spacial score (nSPS) is 14.9. The van der Waals surface area contributed by atoms with E-state index in [1.54, 1.807) is 24.3 Å². The number of benzene rings is 2. The Kier molecular flexibility index (Phi) is 4.83. The fourth-order valence-corrected chi connectivity index (χ4v) is 3.23. The SMILES string of the molecule is O=C(/C=C/c1ccc(F)cc1)N1CCN(c2ccc3ccccc3n2)CC1. The van der Waals surface area contributed by atoms with Crippen molar-refractivity contribution in [2.24, 2.45) is 0 Å². The highest BCUT2D eigenvalue weighted by atomic mass is 19.1. The maximum Gasteiger partial charge on any atom is 0.246 e. The molecule has 0 radical (unpaired) electrons. The average molecular weight is 361 g/mol. The summed E-state index contributed by atoms with van der Waals surface area (Å²) in [6.07, 6.45) is 3.27. The van der Waals surface area contributed by atoms with Gasteiger partial charge in [0.2, 0.25) is 5.91 Å². The zero-order valence-electron chi connectivity index (χ0n) is 14.9. The molecule has 0 atom stereocenters. The minimum Gasteiger partial charge on any atom is -0.353 e. The number of hydrogen-bond acceptors (Lipinski definition) is 3. The number of aromatic nitrogens is 1. The van der Waals surface area contributed by atoms with E-state index in [2.05, 4.69) is 17.0 Å². The fraction of sp³-hybridized carbons (Fsp3) is 0.182. The van der Waals surface area contributed by atoms with E-state index in [0.29, 0.717) is 13.1 Å². The first-order valence-electron chi connectivity index (χ1n) is 9.02. The minimum atomic E-state index is -0.281. The van der Waals surface area contributed by atoms with Crippen LogP contribution in [-0.4, -0.2) is 42.0 Å². The zero-order valence-corrected chi connectivity index (χ0v) is 14.9. The molecule has 136 valence electrons. The number of anilines is 1. The molecule has 1 amide bonds. The Morgan fingerprint density at radius 2 is 1.67 bits per heavy atom. The molecule has 0 bridgehead atoms. The summed E-state index contributed by atoms with van der Waals surface area (Å²) in [5.74, 6) is 0.644. The number of hydrogen-bond donors (Lipinski definition) is 0. The van der Waals surface area contributed by atoms with E-state index in [-0.39, 0.29) is 11.7 Å². The van der Waals surface area contributed by atoms with Gasteiger partial charge in [0.05, 0.1) is 5.52 Å². The van der Waals surface area contributed by atoms with Crippen molar-refractivity contribution < 1.29 is 9.18 Å². The van der Waals surface area contributed by atoms with Crippen LogP contribution in [0, 0.1) is 5.82 Å². The van der Waals surface area contributed by atoms with Gasteiger partial charge in [0, 0.05) is 37.6 Å². The van der Waals surface area contributed by atoms with E-state index in [4.69, 9.17) is 4.98 Å². The third kappa shape index (κ3) is 3.97. The summed E-state index contributed by atoms with van der Waals surface area (Å²) in [5.41, 5.74) is 1.79. The maximum atomic E-state index is 12.9. The van der Waals surface area contributed by atoms with Gasteiger partial charge >= 0.3 is 0 Å². The van der Waals surface area contributed by atoms with Crippen LogP contribution in [0.5, 0.6) is 0 Å². The molecule has 3 aromatic rings. The summed E-state index contributed by atoms with van der Waals surface area (Å²) >= 11 is 0. The highest BCUT2D eigenvalue weighted by Crippen LogP contribution is 2.19. The second-order valence-corrected chi connectivity index (χ2v) is 6.56. The highest BCUT2D eigenvalue weighted by Gasteiger charge is 2.20. The lowest BCUT2D eigenvalue weighted by molar-refractivity contribution is -0.126. The van der Waals surface area contributed by atoms with Crippen LogP contribution >= 0.6 is 0 Å². The zero-order chi connectivity index (χ0) is 18.6. The Balaban J connectivity index is 1.37. The van der Waals surface area contributed by atoms with E-state index in [9.17, 15) is 9.18 Å². The molecular formula is C22H20FN3O. The Morgan fingerprint density at radius 1 is 0.926 bits per heavy atom. The molecule has 0 unspecified atom stereocenters. The van der Waals surface area contributed by atoms with Crippen LogP contribution in [0.3, 0.4) is 0 Å². The van der Waals surface area contributed by atoms with Crippen LogP contribution < -0.4 is 4.90 Å². The first kappa shape index (κ1) is 17.2. The van der Waals surface area contributed by atoms with Crippen molar-refractivity contribution in [1.29, 1.82) is 0 Å². The first-order chi connectivity index (χ1) is 13.2. The number of nitrogens with zero attached hydrogens (tertiary/aromatic N) is 3. The minimum absolute atomic E-state index is 0.0227. The second kappa shape index (κ2) is 7.58. The van der Waals surface area contributed by atoms with Gasteiger partial charge in [0.15, 0.2) is 0 Å². The largest absolute Gasteiger partial charge is 0.353 e. The fourth-order valence-electron chi connectivity index (χ4n) is 3.23.